The first-order valence-electron chi connectivity index (χ1n) is 7.31. The van der Waals surface area contributed by atoms with Gasteiger partial charge in [-0.2, -0.15) is 0 Å². The molecule has 7 heteroatoms. The Morgan fingerprint density at radius 1 is 1.33 bits per heavy atom. The van der Waals surface area contributed by atoms with Gasteiger partial charge in [0.25, 0.3) is 5.91 Å². The summed E-state index contributed by atoms with van der Waals surface area (Å²) in [4.78, 5) is 24.6. The van der Waals surface area contributed by atoms with Gasteiger partial charge in [0.15, 0.2) is 6.61 Å². The molecule has 1 atom stereocenters. The van der Waals surface area contributed by atoms with Gasteiger partial charge in [0.05, 0.1) is 16.0 Å². The van der Waals surface area contributed by atoms with Crippen molar-refractivity contribution in [3.8, 4) is 5.75 Å². The molecule has 0 spiro atoms. The molecule has 1 unspecified atom stereocenters. The first kappa shape index (κ1) is 16.7. The highest BCUT2D eigenvalue weighted by atomic mass is 35.5. The molecule has 1 heterocycles. The lowest BCUT2D eigenvalue weighted by Crippen LogP contribution is -2.26. The largest absolute Gasteiger partial charge is 0.482 e. The molecule has 0 saturated heterocycles. The molecular weight excluding hydrogens is 348 g/mol. The van der Waals surface area contributed by atoms with Gasteiger partial charge >= 0.3 is 0 Å². The van der Waals surface area contributed by atoms with Gasteiger partial charge < -0.3 is 15.4 Å². The van der Waals surface area contributed by atoms with Crippen LogP contribution in [-0.4, -0.2) is 23.7 Å². The summed E-state index contributed by atoms with van der Waals surface area (Å²) in [5.74, 6) is 0.225. The average molecular weight is 363 g/mol. The normalized spacial score (nSPS) is 14.2. The second-order valence-electron chi connectivity index (χ2n) is 5.23. The Balaban J connectivity index is 1.67. The summed E-state index contributed by atoms with van der Waals surface area (Å²) in [6.45, 7) is 1.82. The zero-order valence-corrected chi connectivity index (χ0v) is 14.4. The van der Waals surface area contributed by atoms with Crippen molar-refractivity contribution >= 4 is 46.6 Å². The van der Waals surface area contributed by atoms with Crippen LogP contribution in [-0.2, 0) is 9.59 Å². The van der Waals surface area contributed by atoms with Crippen LogP contribution >= 0.6 is 23.4 Å². The number of thioether (sulfide) groups is 1. The predicted molar refractivity (Wildman–Crippen MR) is 96.0 cm³/mol. The highest BCUT2D eigenvalue weighted by molar-refractivity contribution is 8.00. The van der Waals surface area contributed by atoms with Gasteiger partial charge in [0.1, 0.15) is 5.75 Å². The van der Waals surface area contributed by atoms with Crippen LogP contribution in [0, 0.1) is 0 Å². The summed E-state index contributed by atoms with van der Waals surface area (Å²) < 4.78 is 5.29. The summed E-state index contributed by atoms with van der Waals surface area (Å²) in [5, 5.41) is 5.84. The van der Waals surface area contributed by atoms with E-state index in [4.69, 9.17) is 16.3 Å². The van der Waals surface area contributed by atoms with Crippen molar-refractivity contribution in [3.05, 3.63) is 47.5 Å². The van der Waals surface area contributed by atoms with Crippen molar-refractivity contribution in [1.29, 1.82) is 0 Å². The SMILES string of the molecule is CC(Sc1ccccc1Cl)C(=O)Nc1ccc2c(c1)NC(=O)CO2. The van der Waals surface area contributed by atoms with Crippen molar-refractivity contribution < 1.29 is 14.3 Å². The Hall–Kier alpha value is -2.18. The zero-order chi connectivity index (χ0) is 17.1. The monoisotopic (exact) mass is 362 g/mol. The van der Waals surface area contributed by atoms with Gasteiger partial charge in [-0.25, -0.2) is 0 Å². The maximum atomic E-state index is 12.4. The van der Waals surface area contributed by atoms with Crippen molar-refractivity contribution in [2.45, 2.75) is 17.1 Å². The molecular formula is C17H15ClN2O3S. The van der Waals surface area contributed by atoms with Gasteiger partial charge in [0, 0.05) is 10.6 Å². The minimum absolute atomic E-state index is 0.00418. The summed E-state index contributed by atoms with van der Waals surface area (Å²) in [5.41, 5.74) is 1.15. The van der Waals surface area contributed by atoms with Crippen LogP contribution in [0.3, 0.4) is 0 Å². The molecule has 2 N–H and O–H groups in total. The Kier molecular flexibility index (Phi) is 4.97. The number of benzene rings is 2. The molecule has 24 heavy (non-hydrogen) atoms. The van der Waals surface area contributed by atoms with Crippen molar-refractivity contribution in [3.63, 3.8) is 0 Å². The third-order valence-electron chi connectivity index (χ3n) is 3.39. The van der Waals surface area contributed by atoms with E-state index in [0.29, 0.717) is 22.1 Å². The lowest BCUT2D eigenvalue weighted by Gasteiger charge is -2.19. The highest BCUT2D eigenvalue weighted by Crippen LogP contribution is 2.32. The molecule has 1 aliphatic rings. The van der Waals surface area contributed by atoms with Crippen molar-refractivity contribution in [2.24, 2.45) is 0 Å². The summed E-state index contributed by atoms with van der Waals surface area (Å²) in [6.07, 6.45) is 0. The van der Waals surface area contributed by atoms with Crippen LogP contribution in [0.25, 0.3) is 0 Å². The first-order valence-corrected chi connectivity index (χ1v) is 8.57. The number of hydrogen-bond donors (Lipinski definition) is 2. The second-order valence-corrected chi connectivity index (χ2v) is 7.02. The zero-order valence-electron chi connectivity index (χ0n) is 12.8. The molecule has 0 fully saturated rings. The van der Waals surface area contributed by atoms with E-state index >= 15 is 0 Å². The van der Waals surface area contributed by atoms with Crippen molar-refractivity contribution in [1.82, 2.24) is 0 Å². The Labute approximate surface area is 148 Å². The lowest BCUT2D eigenvalue weighted by atomic mass is 10.2. The minimum Gasteiger partial charge on any atom is -0.482 e. The average Bonchev–Trinajstić information content (AvgIpc) is 2.56. The molecule has 5 nitrogen and oxygen atoms in total. The Morgan fingerprint density at radius 3 is 2.92 bits per heavy atom. The van der Waals surface area contributed by atoms with Crippen LogP contribution in [0.15, 0.2) is 47.4 Å². The highest BCUT2D eigenvalue weighted by Gasteiger charge is 2.19. The number of fused-ring (bicyclic) bond motifs is 1. The molecule has 0 aliphatic carbocycles. The molecule has 124 valence electrons. The number of anilines is 2. The van der Waals surface area contributed by atoms with Crippen LogP contribution in [0.2, 0.25) is 5.02 Å². The second kappa shape index (κ2) is 7.15. The van der Waals surface area contributed by atoms with E-state index in [1.54, 1.807) is 24.3 Å². The van der Waals surface area contributed by atoms with Crippen LogP contribution < -0.4 is 15.4 Å². The number of amides is 2. The first-order chi connectivity index (χ1) is 11.5. The predicted octanol–water partition coefficient (Wildman–Crippen LogP) is 3.79. The lowest BCUT2D eigenvalue weighted by molar-refractivity contribution is -0.118. The maximum Gasteiger partial charge on any atom is 0.262 e. The van der Waals surface area contributed by atoms with E-state index < -0.39 is 0 Å². The van der Waals surface area contributed by atoms with E-state index in [9.17, 15) is 9.59 Å². The van der Waals surface area contributed by atoms with Gasteiger partial charge in [-0.15, -0.1) is 11.8 Å². The maximum absolute atomic E-state index is 12.4. The third-order valence-corrected chi connectivity index (χ3v) is 5.01. The molecule has 0 saturated carbocycles. The molecule has 0 aromatic heterocycles. The fraction of sp³-hybridized carbons (Fsp3) is 0.176. The topological polar surface area (TPSA) is 67.4 Å². The smallest absolute Gasteiger partial charge is 0.262 e. The fourth-order valence-electron chi connectivity index (χ4n) is 2.19. The van der Waals surface area contributed by atoms with Gasteiger partial charge in [-0.1, -0.05) is 23.7 Å². The minimum atomic E-state index is -0.327. The number of rotatable bonds is 4. The quantitative estimate of drug-likeness (QED) is 0.812. The Bertz CT molecular complexity index is 797. The summed E-state index contributed by atoms with van der Waals surface area (Å²) in [7, 11) is 0. The molecule has 0 radical (unpaired) electrons. The van der Waals surface area contributed by atoms with Crippen molar-refractivity contribution in [2.75, 3.05) is 17.2 Å². The number of hydrogen-bond acceptors (Lipinski definition) is 4. The van der Waals surface area contributed by atoms with E-state index in [2.05, 4.69) is 10.6 Å². The number of ether oxygens (including phenoxy) is 1. The number of carbonyl (C=O) groups is 2. The number of nitrogens with one attached hydrogen (secondary N) is 2. The molecule has 2 amide bonds. The molecule has 2 aromatic carbocycles. The van der Waals surface area contributed by atoms with Crippen LogP contribution in [0.4, 0.5) is 11.4 Å². The number of halogens is 1. The van der Waals surface area contributed by atoms with Gasteiger partial charge in [-0.3, -0.25) is 9.59 Å². The summed E-state index contributed by atoms with van der Waals surface area (Å²) in [6, 6.07) is 12.5. The standard InChI is InChI=1S/C17H15ClN2O3S/c1-10(24-15-5-3-2-4-12(15)18)17(22)19-11-6-7-14-13(8-11)20-16(21)9-23-14/h2-8,10H,9H2,1H3,(H,19,22)(H,20,21). The van der Waals surface area contributed by atoms with E-state index in [0.717, 1.165) is 4.90 Å². The van der Waals surface area contributed by atoms with E-state index in [-0.39, 0.29) is 23.7 Å². The van der Waals surface area contributed by atoms with Gasteiger partial charge in [-0.05, 0) is 37.3 Å². The molecule has 0 bridgehead atoms. The fourth-order valence-corrected chi connectivity index (χ4v) is 3.34. The van der Waals surface area contributed by atoms with Gasteiger partial charge in [0.2, 0.25) is 5.91 Å². The van der Waals surface area contributed by atoms with E-state index in [1.165, 1.54) is 11.8 Å². The molecule has 1 aliphatic heterocycles. The Morgan fingerprint density at radius 2 is 2.12 bits per heavy atom. The molecule has 2 aromatic rings. The van der Waals surface area contributed by atoms with Crippen LogP contribution in [0.5, 0.6) is 5.75 Å². The van der Waals surface area contributed by atoms with Crippen LogP contribution in [0.1, 0.15) is 6.92 Å². The summed E-state index contributed by atoms with van der Waals surface area (Å²) >= 11 is 7.51. The molecule has 3 rings (SSSR count). The number of carbonyl (C=O) groups excluding carboxylic acids is 2. The van der Waals surface area contributed by atoms with E-state index in [1.807, 2.05) is 25.1 Å². The third kappa shape index (κ3) is 3.83.